The van der Waals surface area contributed by atoms with E-state index >= 15 is 0 Å². The van der Waals surface area contributed by atoms with Crippen LogP contribution in [0, 0.1) is 0 Å². The first kappa shape index (κ1) is 11.5. The van der Waals surface area contributed by atoms with Crippen LogP contribution in [0.5, 0.6) is 0 Å². The van der Waals surface area contributed by atoms with E-state index in [0.29, 0.717) is 18.9 Å². The minimum Gasteiger partial charge on any atom is -0.480 e. The highest BCUT2D eigenvalue weighted by Gasteiger charge is 2.45. The van der Waals surface area contributed by atoms with E-state index in [0.717, 1.165) is 6.54 Å². The second-order valence-corrected chi connectivity index (χ2v) is 4.51. The Labute approximate surface area is 85.5 Å². The molecule has 0 aliphatic carbocycles. The molecule has 0 bridgehead atoms. The molecule has 0 aromatic heterocycles. The first-order chi connectivity index (χ1) is 6.40. The van der Waals surface area contributed by atoms with Crippen molar-refractivity contribution in [3.8, 4) is 0 Å². The number of hydrogen-bond acceptors (Lipinski definition) is 3. The van der Waals surface area contributed by atoms with Gasteiger partial charge in [-0.1, -0.05) is 0 Å². The fraction of sp³-hybridized carbons (Fsp3) is 0.900. The molecule has 1 rings (SSSR count). The van der Waals surface area contributed by atoms with Crippen LogP contribution >= 0.6 is 0 Å². The monoisotopic (exact) mass is 200 g/mol. The third-order valence-corrected chi connectivity index (χ3v) is 3.52. The molecule has 1 heterocycles. The standard InChI is InChI=1S/C10H20N2O2/c1-8-7-10(9(13)14,11(2)3)5-6-12(8)4/h8H,5-7H2,1-4H3,(H,13,14). The summed E-state index contributed by atoms with van der Waals surface area (Å²) in [7, 11) is 5.75. The van der Waals surface area contributed by atoms with Crippen LogP contribution in [-0.4, -0.2) is 60.1 Å². The maximum atomic E-state index is 11.3. The van der Waals surface area contributed by atoms with Gasteiger partial charge in [-0.15, -0.1) is 0 Å². The maximum Gasteiger partial charge on any atom is 0.324 e. The van der Waals surface area contributed by atoms with Crippen molar-refractivity contribution in [2.75, 3.05) is 27.7 Å². The van der Waals surface area contributed by atoms with E-state index in [9.17, 15) is 9.90 Å². The van der Waals surface area contributed by atoms with Crippen LogP contribution in [0.15, 0.2) is 0 Å². The van der Waals surface area contributed by atoms with E-state index in [2.05, 4.69) is 11.8 Å². The molecule has 1 aliphatic rings. The zero-order valence-corrected chi connectivity index (χ0v) is 9.45. The van der Waals surface area contributed by atoms with Crippen molar-refractivity contribution in [1.82, 2.24) is 9.80 Å². The molecular weight excluding hydrogens is 180 g/mol. The molecule has 1 fully saturated rings. The summed E-state index contributed by atoms with van der Waals surface area (Å²) < 4.78 is 0. The fourth-order valence-corrected chi connectivity index (χ4v) is 2.12. The molecule has 1 aliphatic heterocycles. The maximum absolute atomic E-state index is 11.3. The molecule has 14 heavy (non-hydrogen) atoms. The number of carboxylic acids is 1. The molecule has 4 heteroatoms. The van der Waals surface area contributed by atoms with Gasteiger partial charge in [0.2, 0.25) is 0 Å². The van der Waals surface area contributed by atoms with E-state index in [-0.39, 0.29) is 0 Å². The minimum atomic E-state index is -0.692. The van der Waals surface area contributed by atoms with Crippen LogP contribution in [-0.2, 0) is 4.79 Å². The molecule has 0 amide bonds. The van der Waals surface area contributed by atoms with Gasteiger partial charge >= 0.3 is 5.97 Å². The van der Waals surface area contributed by atoms with Gasteiger partial charge in [0.05, 0.1) is 0 Å². The average molecular weight is 200 g/mol. The summed E-state index contributed by atoms with van der Waals surface area (Å²) in [6.45, 7) is 2.94. The Morgan fingerprint density at radius 1 is 1.57 bits per heavy atom. The van der Waals surface area contributed by atoms with Gasteiger partial charge in [0.1, 0.15) is 5.54 Å². The summed E-state index contributed by atoms with van der Waals surface area (Å²) in [5.74, 6) is -0.692. The van der Waals surface area contributed by atoms with Crippen LogP contribution in [0.1, 0.15) is 19.8 Å². The zero-order valence-electron chi connectivity index (χ0n) is 9.45. The van der Waals surface area contributed by atoms with Gasteiger partial charge in [-0.05, 0) is 40.9 Å². The predicted molar refractivity (Wildman–Crippen MR) is 55.4 cm³/mol. The number of likely N-dealkylation sites (N-methyl/N-ethyl adjacent to an activating group) is 1. The molecule has 82 valence electrons. The van der Waals surface area contributed by atoms with Gasteiger partial charge in [0.25, 0.3) is 0 Å². The Morgan fingerprint density at radius 2 is 2.14 bits per heavy atom. The normalized spacial score (nSPS) is 34.8. The minimum absolute atomic E-state index is 0.335. The van der Waals surface area contributed by atoms with Gasteiger partial charge in [-0.25, -0.2) is 0 Å². The number of likely N-dealkylation sites (tertiary alicyclic amines) is 1. The van der Waals surface area contributed by atoms with Gasteiger partial charge in [-0.3, -0.25) is 9.69 Å². The molecule has 2 unspecified atom stereocenters. The molecule has 0 spiro atoms. The number of aliphatic carboxylic acids is 1. The highest BCUT2D eigenvalue weighted by atomic mass is 16.4. The Kier molecular flexibility index (Phi) is 3.17. The highest BCUT2D eigenvalue weighted by Crippen LogP contribution is 2.30. The topological polar surface area (TPSA) is 43.8 Å². The lowest BCUT2D eigenvalue weighted by Crippen LogP contribution is -2.59. The summed E-state index contributed by atoms with van der Waals surface area (Å²) in [6, 6.07) is 0.335. The number of carboxylic acid groups (broad SMARTS) is 1. The largest absolute Gasteiger partial charge is 0.480 e. The average Bonchev–Trinajstić information content (AvgIpc) is 2.09. The summed E-state index contributed by atoms with van der Waals surface area (Å²) in [5, 5.41) is 9.30. The summed E-state index contributed by atoms with van der Waals surface area (Å²) in [4.78, 5) is 15.4. The molecule has 2 atom stereocenters. The van der Waals surface area contributed by atoms with Crippen LogP contribution < -0.4 is 0 Å². The lowest BCUT2D eigenvalue weighted by Gasteiger charge is -2.45. The molecular formula is C10H20N2O2. The van der Waals surface area contributed by atoms with E-state index in [4.69, 9.17) is 0 Å². The highest BCUT2D eigenvalue weighted by molar-refractivity contribution is 5.79. The lowest BCUT2D eigenvalue weighted by molar-refractivity contribution is -0.154. The number of piperidine rings is 1. The van der Waals surface area contributed by atoms with Crippen molar-refractivity contribution < 1.29 is 9.90 Å². The molecule has 1 N–H and O–H groups in total. The van der Waals surface area contributed by atoms with Gasteiger partial charge < -0.3 is 10.0 Å². The Balaban J connectivity index is 2.86. The zero-order chi connectivity index (χ0) is 10.9. The Hall–Kier alpha value is -0.610. The molecule has 0 radical (unpaired) electrons. The number of nitrogens with zero attached hydrogens (tertiary/aromatic N) is 2. The van der Waals surface area contributed by atoms with Gasteiger partial charge in [0.15, 0.2) is 0 Å². The third-order valence-electron chi connectivity index (χ3n) is 3.52. The first-order valence-electron chi connectivity index (χ1n) is 5.01. The summed E-state index contributed by atoms with van der Waals surface area (Å²) in [5.41, 5.74) is -0.661. The van der Waals surface area contributed by atoms with Crippen LogP contribution in [0.2, 0.25) is 0 Å². The van der Waals surface area contributed by atoms with E-state index in [1.165, 1.54) is 0 Å². The van der Waals surface area contributed by atoms with E-state index in [1.807, 2.05) is 26.0 Å². The second-order valence-electron chi connectivity index (χ2n) is 4.51. The number of hydrogen-bond donors (Lipinski definition) is 1. The van der Waals surface area contributed by atoms with Crippen molar-refractivity contribution >= 4 is 5.97 Å². The fourth-order valence-electron chi connectivity index (χ4n) is 2.12. The predicted octanol–water partition coefficient (Wildman–Crippen LogP) is 0.486. The summed E-state index contributed by atoms with van der Waals surface area (Å²) in [6.07, 6.45) is 1.40. The molecule has 1 saturated heterocycles. The molecule has 0 saturated carbocycles. The van der Waals surface area contributed by atoms with E-state index < -0.39 is 11.5 Å². The van der Waals surface area contributed by atoms with Crippen LogP contribution in [0.3, 0.4) is 0 Å². The van der Waals surface area contributed by atoms with Crippen LogP contribution in [0.4, 0.5) is 0 Å². The molecule has 0 aromatic rings. The third kappa shape index (κ3) is 1.77. The van der Waals surface area contributed by atoms with Crippen molar-refractivity contribution in [3.63, 3.8) is 0 Å². The molecule has 4 nitrogen and oxygen atoms in total. The SMILES string of the molecule is CC1CC(C(=O)O)(N(C)C)CCN1C. The first-order valence-corrected chi connectivity index (χ1v) is 5.01. The van der Waals surface area contributed by atoms with Crippen LogP contribution in [0.25, 0.3) is 0 Å². The smallest absolute Gasteiger partial charge is 0.324 e. The quantitative estimate of drug-likeness (QED) is 0.704. The van der Waals surface area contributed by atoms with Crippen molar-refractivity contribution in [1.29, 1.82) is 0 Å². The van der Waals surface area contributed by atoms with Crippen molar-refractivity contribution in [3.05, 3.63) is 0 Å². The summed E-state index contributed by atoms with van der Waals surface area (Å²) >= 11 is 0. The lowest BCUT2D eigenvalue weighted by atomic mass is 9.83. The Morgan fingerprint density at radius 3 is 2.50 bits per heavy atom. The number of rotatable bonds is 2. The van der Waals surface area contributed by atoms with Crippen molar-refractivity contribution in [2.45, 2.75) is 31.3 Å². The van der Waals surface area contributed by atoms with E-state index in [1.54, 1.807) is 0 Å². The number of carbonyl (C=O) groups is 1. The Bertz CT molecular complexity index is 230. The van der Waals surface area contributed by atoms with Gasteiger partial charge in [-0.2, -0.15) is 0 Å². The second kappa shape index (κ2) is 3.87. The van der Waals surface area contributed by atoms with Crippen molar-refractivity contribution in [2.24, 2.45) is 0 Å². The molecule has 0 aromatic carbocycles. The van der Waals surface area contributed by atoms with Gasteiger partial charge in [0, 0.05) is 12.6 Å².